The summed E-state index contributed by atoms with van der Waals surface area (Å²) in [6.07, 6.45) is 0. The molecule has 0 atom stereocenters. The molecule has 1 aliphatic rings. The predicted octanol–water partition coefficient (Wildman–Crippen LogP) is 4.79. The van der Waals surface area contributed by atoms with Crippen molar-refractivity contribution in [3.05, 3.63) is 56.8 Å². The van der Waals surface area contributed by atoms with Gasteiger partial charge in [0.05, 0.1) is 27.1 Å². The van der Waals surface area contributed by atoms with E-state index in [0.717, 1.165) is 16.3 Å². The lowest BCUT2D eigenvalue weighted by Gasteiger charge is -2.29. The van der Waals surface area contributed by atoms with Gasteiger partial charge in [0.15, 0.2) is 6.61 Å². The quantitative estimate of drug-likeness (QED) is 0.623. The first-order chi connectivity index (χ1) is 13.9. The first kappa shape index (κ1) is 19.7. The van der Waals surface area contributed by atoms with Crippen LogP contribution in [0.1, 0.15) is 5.01 Å². The van der Waals surface area contributed by atoms with Crippen LogP contribution in [0.5, 0.6) is 5.75 Å². The van der Waals surface area contributed by atoms with Crippen molar-refractivity contribution in [2.45, 2.75) is 6.92 Å². The molecule has 3 aromatic rings. The predicted molar refractivity (Wildman–Crippen MR) is 115 cm³/mol. The number of benzene rings is 2. The zero-order valence-electron chi connectivity index (χ0n) is 15.2. The van der Waals surface area contributed by atoms with Gasteiger partial charge in [-0.3, -0.25) is 14.5 Å². The third kappa shape index (κ3) is 4.22. The molecule has 0 aliphatic carbocycles. The minimum Gasteiger partial charge on any atom is -0.482 e. The second-order valence-electron chi connectivity index (χ2n) is 6.38. The molecule has 1 N–H and O–H groups in total. The van der Waals surface area contributed by atoms with E-state index < -0.39 is 5.91 Å². The highest BCUT2D eigenvalue weighted by Gasteiger charge is 2.28. The van der Waals surface area contributed by atoms with Gasteiger partial charge in [0, 0.05) is 16.0 Å². The number of ether oxygens (including phenoxy) is 1. The Kier molecular flexibility index (Phi) is 5.45. The van der Waals surface area contributed by atoms with Crippen molar-refractivity contribution in [2.24, 2.45) is 0 Å². The molecule has 0 saturated heterocycles. The molecule has 0 spiro atoms. The number of fused-ring (bicyclic) bond motifs is 1. The molecule has 0 radical (unpaired) electrons. The Hall–Kier alpha value is -2.61. The van der Waals surface area contributed by atoms with E-state index in [0.29, 0.717) is 27.2 Å². The van der Waals surface area contributed by atoms with Gasteiger partial charge in [-0.25, -0.2) is 4.98 Å². The zero-order valence-corrected chi connectivity index (χ0v) is 17.6. The summed E-state index contributed by atoms with van der Waals surface area (Å²) in [4.78, 5) is 31.0. The summed E-state index contributed by atoms with van der Waals surface area (Å²) in [5.41, 5.74) is 2.56. The van der Waals surface area contributed by atoms with Crippen LogP contribution in [0, 0.1) is 6.92 Å². The number of halogens is 2. The summed E-state index contributed by atoms with van der Waals surface area (Å²) in [5.74, 6) is -0.171. The normalized spacial score (nSPS) is 13.1. The lowest BCUT2D eigenvalue weighted by atomic mass is 10.1. The SMILES string of the molecule is Cc1nc(-c2ccc3c(c2)N(CC(=O)Nc2cc(Cl)ccc2Cl)C(=O)CO3)cs1. The van der Waals surface area contributed by atoms with E-state index in [-0.39, 0.29) is 19.1 Å². The van der Waals surface area contributed by atoms with E-state index in [1.54, 1.807) is 41.7 Å². The fraction of sp³-hybridized carbons (Fsp3) is 0.150. The number of amides is 2. The van der Waals surface area contributed by atoms with Gasteiger partial charge >= 0.3 is 0 Å². The van der Waals surface area contributed by atoms with Crippen molar-refractivity contribution in [3.63, 3.8) is 0 Å². The Labute approximate surface area is 181 Å². The van der Waals surface area contributed by atoms with Crippen LogP contribution in [0.2, 0.25) is 10.0 Å². The highest BCUT2D eigenvalue weighted by Crippen LogP contribution is 2.36. The van der Waals surface area contributed by atoms with Gasteiger partial charge < -0.3 is 10.1 Å². The van der Waals surface area contributed by atoms with Gasteiger partial charge in [-0.05, 0) is 43.3 Å². The van der Waals surface area contributed by atoms with E-state index in [1.165, 1.54) is 4.90 Å². The number of nitrogens with one attached hydrogen (secondary N) is 1. The molecule has 6 nitrogen and oxygen atoms in total. The van der Waals surface area contributed by atoms with Gasteiger partial charge in [-0.15, -0.1) is 11.3 Å². The maximum atomic E-state index is 12.6. The second kappa shape index (κ2) is 8.02. The molecule has 2 aromatic carbocycles. The molecule has 4 rings (SSSR count). The van der Waals surface area contributed by atoms with Crippen molar-refractivity contribution in [2.75, 3.05) is 23.4 Å². The maximum Gasteiger partial charge on any atom is 0.265 e. The molecular weight excluding hydrogens is 433 g/mol. The van der Waals surface area contributed by atoms with Crippen LogP contribution in [0.15, 0.2) is 41.8 Å². The van der Waals surface area contributed by atoms with Crippen LogP contribution < -0.4 is 15.0 Å². The number of thiazole rings is 1. The van der Waals surface area contributed by atoms with Gasteiger partial charge in [0.2, 0.25) is 5.91 Å². The van der Waals surface area contributed by atoms with E-state index in [2.05, 4.69) is 10.3 Å². The third-order valence-electron chi connectivity index (χ3n) is 4.32. The number of hydrogen-bond acceptors (Lipinski definition) is 5. The average Bonchev–Trinajstić information content (AvgIpc) is 3.13. The van der Waals surface area contributed by atoms with Crippen LogP contribution in [0.3, 0.4) is 0 Å². The van der Waals surface area contributed by atoms with Crippen LogP contribution >= 0.6 is 34.5 Å². The van der Waals surface area contributed by atoms with Crippen LogP contribution in [-0.4, -0.2) is 29.9 Å². The zero-order chi connectivity index (χ0) is 20.5. The molecule has 0 unspecified atom stereocenters. The van der Waals surface area contributed by atoms with Crippen molar-refractivity contribution < 1.29 is 14.3 Å². The van der Waals surface area contributed by atoms with Gasteiger partial charge in [-0.2, -0.15) is 0 Å². The van der Waals surface area contributed by atoms with Gasteiger partial charge in [0.25, 0.3) is 5.91 Å². The number of aromatic nitrogens is 1. The highest BCUT2D eigenvalue weighted by atomic mass is 35.5. The molecule has 9 heteroatoms. The molecule has 2 heterocycles. The Bertz CT molecular complexity index is 1120. The number of nitrogens with zero attached hydrogens (tertiary/aromatic N) is 2. The number of anilines is 2. The summed E-state index contributed by atoms with van der Waals surface area (Å²) in [6, 6.07) is 10.2. The lowest BCUT2D eigenvalue weighted by molar-refractivity contribution is -0.123. The molecule has 148 valence electrons. The summed E-state index contributed by atoms with van der Waals surface area (Å²) in [6.45, 7) is 1.61. The van der Waals surface area contributed by atoms with Crippen LogP contribution in [-0.2, 0) is 9.59 Å². The number of aryl methyl sites for hydroxylation is 1. The summed E-state index contributed by atoms with van der Waals surface area (Å²) >= 11 is 13.6. The molecule has 2 amide bonds. The van der Waals surface area contributed by atoms with Crippen molar-refractivity contribution in [3.8, 4) is 17.0 Å². The van der Waals surface area contributed by atoms with Crippen molar-refractivity contribution in [1.82, 2.24) is 4.98 Å². The Morgan fingerprint density at radius 3 is 2.86 bits per heavy atom. The van der Waals surface area contributed by atoms with E-state index >= 15 is 0 Å². The molecule has 1 aliphatic heterocycles. The maximum absolute atomic E-state index is 12.6. The molecule has 0 fully saturated rings. The number of rotatable bonds is 4. The van der Waals surface area contributed by atoms with E-state index in [4.69, 9.17) is 27.9 Å². The number of carbonyl (C=O) groups excluding carboxylic acids is 2. The Morgan fingerprint density at radius 1 is 1.28 bits per heavy atom. The molecular formula is C20H15Cl2N3O3S. The minimum absolute atomic E-state index is 0.132. The van der Waals surface area contributed by atoms with Gasteiger partial charge in [0.1, 0.15) is 12.3 Å². The Morgan fingerprint density at radius 2 is 2.10 bits per heavy atom. The van der Waals surface area contributed by atoms with E-state index in [9.17, 15) is 9.59 Å². The first-order valence-corrected chi connectivity index (χ1v) is 10.3. The Balaban J connectivity index is 1.60. The summed E-state index contributed by atoms with van der Waals surface area (Å²) in [7, 11) is 0. The van der Waals surface area contributed by atoms with Crippen molar-refractivity contribution in [1.29, 1.82) is 0 Å². The number of hydrogen-bond donors (Lipinski definition) is 1. The summed E-state index contributed by atoms with van der Waals surface area (Å²) in [5, 5.41) is 6.39. The topological polar surface area (TPSA) is 71.5 Å². The highest BCUT2D eigenvalue weighted by molar-refractivity contribution is 7.09. The molecule has 0 bridgehead atoms. The van der Waals surface area contributed by atoms with Gasteiger partial charge in [-0.1, -0.05) is 23.2 Å². The molecule has 1 aromatic heterocycles. The fourth-order valence-corrected chi connectivity index (χ4v) is 3.92. The third-order valence-corrected chi connectivity index (χ3v) is 5.66. The smallest absolute Gasteiger partial charge is 0.265 e. The van der Waals surface area contributed by atoms with E-state index in [1.807, 2.05) is 18.4 Å². The lowest BCUT2D eigenvalue weighted by Crippen LogP contribution is -2.43. The summed E-state index contributed by atoms with van der Waals surface area (Å²) < 4.78 is 5.52. The monoisotopic (exact) mass is 447 g/mol. The molecule has 0 saturated carbocycles. The average molecular weight is 448 g/mol. The fourth-order valence-electron chi connectivity index (χ4n) is 2.96. The first-order valence-electron chi connectivity index (χ1n) is 8.65. The molecule has 29 heavy (non-hydrogen) atoms. The van der Waals surface area contributed by atoms with Crippen molar-refractivity contribution >= 4 is 57.7 Å². The van der Waals surface area contributed by atoms with Crippen LogP contribution in [0.25, 0.3) is 11.3 Å². The minimum atomic E-state index is -0.398. The standard InChI is InChI=1S/C20H15Cl2N3O3S/c1-11-23-16(10-29-11)12-2-5-18-17(6-12)25(20(27)9-28-18)8-19(26)24-15-7-13(21)3-4-14(15)22/h2-7,10H,8-9H2,1H3,(H,24,26). The second-order valence-corrected chi connectivity index (χ2v) is 8.28. The largest absolute Gasteiger partial charge is 0.482 e. The number of carbonyl (C=O) groups is 2. The van der Waals surface area contributed by atoms with Crippen LogP contribution in [0.4, 0.5) is 11.4 Å².